The van der Waals surface area contributed by atoms with Crippen molar-refractivity contribution in [3.8, 4) is 0 Å². The van der Waals surface area contributed by atoms with E-state index >= 15 is 0 Å². The predicted octanol–water partition coefficient (Wildman–Crippen LogP) is 6.96. The third-order valence-corrected chi connectivity index (χ3v) is 14.7. The summed E-state index contributed by atoms with van der Waals surface area (Å²) in [6, 6.07) is -1.12. The maximum atomic E-state index is 14.4. The number of ether oxygens (including phenoxy) is 5. The Bertz CT molecular complexity index is 1770. The summed E-state index contributed by atoms with van der Waals surface area (Å²) >= 11 is 0. The Kier molecular flexibility index (Phi) is 22.8. The van der Waals surface area contributed by atoms with E-state index in [2.05, 4.69) is 0 Å². The van der Waals surface area contributed by atoms with Gasteiger partial charge in [-0.2, -0.15) is 0 Å². The average Bonchev–Trinajstić information content (AvgIpc) is 3.30. The summed E-state index contributed by atoms with van der Waals surface area (Å²) in [6.45, 7) is 13.4. The van der Waals surface area contributed by atoms with Crippen molar-refractivity contribution in [2.45, 2.75) is 187 Å². The molecule has 0 aromatic rings. The Hall–Kier alpha value is -3.37. The van der Waals surface area contributed by atoms with Gasteiger partial charge in [0, 0.05) is 64.6 Å². The molecule has 3 N–H and O–H groups in total. The van der Waals surface area contributed by atoms with Gasteiger partial charge >= 0.3 is 5.97 Å². The first kappa shape index (κ1) is 56.2. The van der Waals surface area contributed by atoms with Gasteiger partial charge in [0.05, 0.1) is 18.3 Å². The van der Waals surface area contributed by atoms with E-state index < -0.39 is 77.8 Å². The van der Waals surface area contributed by atoms with Crippen molar-refractivity contribution < 1.29 is 63.0 Å². The summed E-state index contributed by atoms with van der Waals surface area (Å²) in [6.07, 6.45) is 14.7. The highest BCUT2D eigenvalue weighted by atomic mass is 16.6. The molecule has 2 saturated heterocycles. The van der Waals surface area contributed by atoms with Gasteiger partial charge in [0.15, 0.2) is 5.78 Å². The number of hydrogen-bond donors (Lipinski definition) is 3. The zero-order valence-corrected chi connectivity index (χ0v) is 41.9. The van der Waals surface area contributed by atoms with Crippen molar-refractivity contribution >= 4 is 29.2 Å². The normalized spacial score (nSPS) is 38.4. The van der Waals surface area contributed by atoms with Gasteiger partial charge in [-0.25, -0.2) is 4.79 Å². The number of Topliss-reactive ketones (excluding diaryl/α,β-unsaturated/α-hetero) is 3. The first-order valence-corrected chi connectivity index (χ1v) is 25.0. The maximum Gasteiger partial charge on any atom is 0.329 e. The molecule has 3 aliphatic heterocycles. The Morgan fingerprint density at radius 3 is 2.33 bits per heavy atom. The summed E-state index contributed by atoms with van der Waals surface area (Å²) in [4.78, 5) is 72.0. The van der Waals surface area contributed by atoms with Gasteiger partial charge < -0.3 is 43.9 Å². The van der Waals surface area contributed by atoms with Gasteiger partial charge in [-0.15, -0.1) is 0 Å². The lowest BCUT2D eigenvalue weighted by Gasteiger charge is -2.42. The molecule has 14 atom stereocenters. The minimum atomic E-state index is -2.42. The minimum Gasteiger partial charge on any atom is -0.460 e. The number of nitrogens with zero attached hydrogens (tertiary/aromatic N) is 1. The molecule has 1 saturated carbocycles. The number of amides is 1. The summed E-state index contributed by atoms with van der Waals surface area (Å²) < 4.78 is 30.0. The summed E-state index contributed by atoms with van der Waals surface area (Å²) in [5.41, 5.74) is 1.28. The highest BCUT2D eigenvalue weighted by molar-refractivity contribution is 6.39. The van der Waals surface area contributed by atoms with Gasteiger partial charge in [0.25, 0.3) is 11.7 Å². The molecule has 3 fully saturated rings. The van der Waals surface area contributed by atoms with Crippen LogP contribution in [0.1, 0.15) is 138 Å². The van der Waals surface area contributed by atoms with Crippen molar-refractivity contribution in [1.29, 1.82) is 0 Å². The molecule has 0 aromatic carbocycles. The fourth-order valence-electron chi connectivity index (χ4n) is 10.4. The standard InChI is InChI=1S/C53H83NO13/c1-33-17-11-10-12-18-34(2)45(63-8)31-42-23-22-39(7)53(62,67-42)50(59)51(60)54-24-14-13-21-43(54)52(61)66-46(36(4)29-40-19-15-20-41(30-40)65-26-16-25-55)32-44(56)35(3)28-38(6)48(58)49(64-9)47(57)37(5)27-33/h10-12,17-18,28,33,35-37,39-43,45-46,48-49,55,58,62H,13-16,19-27,29-32H2,1-9H3/b12-10+,17-11+,34-18+,38-28+/t33-,35-,36-,37-,39-,40?,41+,42+,43+,45+,46+,48-,49+,53-/m1/s1. The van der Waals surface area contributed by atoms with Crippen LogP contribution in [-0.2, 0) is 47.7 Å². The molecule has 3 heterocycles. The number of aliphatic hydroxyl groups excluding tert-OH is 2. The number of carbonyl (C=O) groups is 5. The van der Waals surface area contributed by atoms with E-state index in [9.17, 15) is 39.3 Å². The van der Waals surface area contributed by atoms with E-state index in [0.717, 1.165) is 31.3 Å². The minimum absolute atomic E-state index is 0.0227. The van der Waals surface area contributed by atoms with E-state index in [4.69, 9.17) is 23.7 Å². The van der Waals surface area contributed by atoms with Gasteiger partial charge in [-0.05, 0) is 107 Å². The van der Waals surface area contributed by atoms with Crippen molar-refractivity contribution in [1.82, 2.24) is 4.90 Å². The van der Waals surface area contributed by atoms with Crippen LogP contribution < -0.4 is 0 Å². The molecule has 4 rings (SSSR count). The van der Waals surface area contributed by atoms with E-state index in [0.29, 0.717) is 63.5 Å². The zero-order valence-electron chi connectivity index (χ0n) is 41.9. The van der Waals surface area contributed by atoms with Crippen LogP contribution in [0.25, 0.3) is 0 Å². The molecular formula is C53H83NO13. The van der Waals surface area contributed by atoms with Crippen LogP contribution in [0.15, 0.2) is 47.6 Å². The molecule has 14 nitrogen and oxygen atoms in total. The lowest BCUT2D eigenvalue weighted by molar-refractivity contribution is -0.265. The largest absolute Gasteiger partial charge is 0.460 e. The fourth-order valence-corrected chi connectivity index (χ4v) is 10.4. The molecule has 1 amide bonds. The lowest BCUT2D eigenvalue weighted by Crippen LogP contribution is -2.61. The maximum absolute atomic E-state index is 14.4. The highest BCUT2D eigenvalue weighted by Crippen LogP contribution is 2.38. The van der Waals surface area contributed by atoms with Crippen LogP contribution in [0.2, 0.25) is 0 Å². The number of esters is 1. The average molecular weight is 942 g/mol. The molecule has 4 aliphatic rings. The number of piperidine rings is 1. The molecule has 67 heavy (non-hydrogen) atoms. The predicted molar refractivity (Wildman–Crippen MR) is 254 cm³/mol. The zero-order chi connectivity index (χ0) is 49.4. The summed E-state index contributed by atoms with van der Waals surface area (Å²) in [7, 11) is 2.97. The molecule has 0 spiro atoms. The number of allylic oxidation sites excluding steroid dienone is 6. The number of hydrogen-bond acceptors (Lipinski definition) is 13. The van der Waals surface area contributed by atoms with Crippen molar-refractivity contribution in [3.63, 3.8) is 0 Å². The van der Waals surface area contributed by atoms with E-state index in [1.807, 2.05) is 58.1 Å². The fraction of sp³-hybridized carbons (Fsp3) is 0.755. The van der Waals surface area contributed by atoms with Gasteiger partial charge in [-0.3, -0.25) is 19.2 Å². The first-order valence-electron chi connectivity index (χ1n) is 25.0. The topological polar surface area (TPSA) is 195 Å². The van der Waals surface area contributed by atoms with Gasteiger partial charge in [0.1, 0.15) is 30.1 Å². The molecule has 1 unspecified atom stereocenters. The lowest BCUT2D eigenvalue weighted by atomic mass is 9.79. The number of methoxy groups -OCH3 is 2. The number of cyclic esters (lactones) is 1. The number of rotatable bonds is 9. The number of ketones is 3. The SMILES string of the molecule is CO[C@H]1C[C@@H]2CC[C@@H](C)[C@@](O)(O2)C(=O)C(=O)N2CCCC[C@H]2C(=O)O[C@H]([C@H](C)CC2CCC[C@H](OCCCO)C2)CC(=O)[C@H](C)/C=C(\C)[C@@H](O)[C@@H](OC)C(=O)[C@H](C)C[C@H](C)/C=C/C=C/C=C/1C. The third kappa shape index (κ3) is 15.8. The van der Waals surface area contributed by atoms with E-state index in [-0.39, 0.29) is 61.4 Å². The van der Waals surface area contributed by atoms with Gasteiger partial charge in [0.2, 0.25) is 5.79 Å². The number of fused-ring (bicyclic) bond motifs is 3. The van der Waals surface area contributed by atoms with Crippen LogP contribution >= 0.6 is 0 Å². The van der Waals surface area contributed by atoms with Crippen LogP contribution in [-0.4, -0.2) is 132 Å². The number of carbonyl (C=O) groups excluding carboxylic acids is 5. The van der Waals surface area contributed by atoms with Crippen molar-refractivity contribution in [3.05, 3.63) is 47.6 Å². The van der Waals surface area contributed by atoms with Gasteiger partial charge in [-0.1, -0.05) is 83.9 Å². The second kappa shape index (κ2) is 27.1. The summed E-state index contributed by atoms with van der Waals surface area (Å²) in [5, 5.41) is 32.7. The first-order chi connectivity index (χ1) is 31.8. The van der Waals surface area contributed by atoms with E-state index in [1.165, 1.54) is 12.0 Å². The van der Waals surface area contributed by atoms with Crippen LogP contribution in [0.4, 0.5) is 0 Å². The molecule has 2 bridgehead atoms. The second-order valence-corrected chi connectivity index (χ2v) is 20.2. The number of aliphatic hydroxyl groups is 3. The quantitative estimate of drug-likeness (QED) is 0.0930. The van der Waals surface area contributed by atoms with E-state index in [1.54, 1.807) is 34.0 Å². The van der Waals surface area contributed by atoms with Crippen LogP contribution in [0, 0.1) is 35.5 Å². The molecule has 378 valence electrons. The Labute approximate surface area is 399 Å². The van der Waals surface area contributed by atoms with Crippen molar-refractivity contribution in [2.24, 2.45) is 35.5 Å². The Morgan fingerprint density at radius 2 is 1.63 bits per heavy atom. The molecule has 1 aliphatic carbocycles. The molecular weight excluding hydrogens is 859 g/mol. The second-order valence-electron chi connectivity index (χ2n) is 20.2. The van der Waals surface area contributed by atoms with Crippen LogP contribution in [0.3, 0.4) is 0 Å². The van der Waals surface area contributed by atoms with Crippen LogP contribution in [0.5, 0.6) is 0 Å². The molecule has 14 heteroatoms. The Balaban J connectivity index is 1.69. The molecule has 0 aromatic heterocycles. The monoisotopic (exact) mass is 942 g/mol. The molecule has 0 radical (unpaired) electrons. The highest BCUT2D eigenvalue weighted by Gasteiger charge is 2.53. The Morgan fingerprint density at radius 1 is 0.881 bits per heavy atom. The smallest absolute Gasteiger partial charge is 0.329 e. The van der Waals surface area contributed by atoms with Crippen molar-refractivity contribution in [2.75, 3.05) is 34.0 Å². The third-order valence-electron chi connectivity index (χ3n) is 14.7. The summed E-state index contributed by atoms with van der Waals surface area (Å²) in [5.74, 6) is -7.68.